The van der Waals surface area contributed by atoms with E-state index in [0.717, 1.165) is 15.2 Å². The van der Waals surface area contributed by atoms with Crippen LogP contribution in [0.15, 0.2) is 65.1 Å². The van der Waals surface area contributed by atoms with Gasteiger partial charge < -0.3 is 14.3 Å². The maximum Gasteiger partial charge on any atom is 0.163 e. The van der Waals surface area contributed by atoms with E-state index >= 15 is 0 Å². The maximum atomic E-state index is 11.0. The van der Waals surface area contributed by atoms with Crippen molar-refractivity contribution in [1.29, 1.82) is 0 Å². The summed E-state index contributed by atoms with van der Waals surface area (Å²) in [5.41, 5.74) is 1.75. The topological polar surface area (TPSA) is 66.2 Å². The summed E-state index contributed by atoms with van der Waals surface area (Å²) in [6, 6.07) is 18.1. The minimum absolute atomic E-state index is 0.125. The number of para-hydroxylation sites is 1. The molecule has 0 amide bonds. The number of aromatic carboxylic acids is 1. The van der Waals surface area contributed by atoms with Crippen molar-refractivity contribution in [3.05, 3.63) is 66.2 Å². The van der Waals surface area contributed by atoms with Crippen LogP contribution >= 0.6 is 11.3 Å². The molecular formula is C18H10NO3S-. The average molecular weight is 320 g/mol. The van der Waals surface area contributed by atoms with Crippen molar-refractivity contribution < 1.29 is 14.3 Å². The maximum absolute atomic E-state index is 11.0. The van der Waals surface area contributed by atoms with Crippen LogP contribution in [0.4, 0.5) is 0 Å². The van der Waals surface area contributed by atoms with Crippen LogP contribution in [0.2, 0.25) is 0 Å². The molecular weight excluding hydrogens is 310 g/mol. The Bertz CT molecular complexity index is 983. The summed E-state index contributed by atoms with van der Waals surface area (Å²) in [6.07, 6.45) is 0. The van der Waals surface area contributed by atoms with E-state index in [-0.39, 0.29) is 5.56 Å². The summed E-state index contributed by atoms with van der Waals surface area (Å²) < 4.78 is 6.95. The van der Waals surface area contributed by atoms with Crippen LogP contribution in [0.5, 0.6) is 0 Å². The Balaban J connectivity index is 1.74. The number of nitrogens with zero attached hydrogens (tertiary/aromatic N) is 1. The summed E-state index contributed by atoms with van der Waals surface area (Å²) in [6.45, 7) is 0. The fourth-order valence-corrected chi connectivity index (χ4v) is 3.31. The molecule has 0 unspecified atom stereocenters. The summed E-state index contributed by atoms with van der Waals surface area (Å²) in [4.78, 5) is 15.5. The average Bonchev–Trinajstić information content (AvgIpc) is 3.21. The molecule has 0 fully saturated rings. The van der Waals surface area contributed by atoms with E-state index in [1.54, 1.807) is 23.5 Å². The van der Waals surface area contributed by atoms with Crippen LogP contribution < -0.4 is 5.11 Å². The molecule has 0 N–H and O–H groups in total. The monoisotopic (exact) mass is 320 g/mol. The second-order valence-electron chi connectivity index (χ2n) is 5.02. The summed E-state index contributed by atoms with van der Waals surface area (Å²) in [7, 11) is 0. The molecule has 23 heavy (non-hydrogen) atoms. The molecule has 4 rings (SSSR count). The lowest BCUT2D eigenvalue weighted by Crippen LogP contribution is -2.22. The normalized spacial score (nSPS) is 11.0. The van der Waals surface area contributed by atoms with Gasteiger partial charge in [-0.3, -0.25) is 0 Å². The number of benzene rings is 2. The highest BCUT2D eigenvalue weighted by molar-refractivity contribution is 7.21. The van der Waals surface area contributed by atoms with Crippen LogP contribution in [0, 0.1) is 0 Å². The Morgan fingerprint density at radius 3 is 2.65 bits per heavy atom. The zero-order valence-electron chi connectivity index (χ0n) is 11.9. The molecule has 4 nitrogen and oxygen atoms in total. The fraction of sp³-hybridized carbons (Fsp3) is 0. The summed E-state index contributed by atoms with van der Waals surface area (Å²) >= 11 is 1.56. The van der Waals surface area contributed by atoms with Gasteiger partial charge in [0.05, 0.1) is 16.2 Å². The number of rotatable bonds is 3. The summed E-state index contributed by atoms with van der Waals surface area (Å²) in [5, 5.41) is 11.8. The van der Waals surface area contributed by atoms with Crippen LogP contribution in [-0.2, 0) is 0 Å². The van der Waals surface area contributed by atoms with Gasteiger partial charge in [0, 0.05) is 5.56 Å². The number of aromatic nitrogens is 1. The van der Waals surface area contributed by atoms with Gasteiger partial charge in [-0.2, -0.15) is 0 Å². The van der Waals surface area contributed by atoms with E-state index in [0.29, 0.717) is 17.1 Å². The lowest BCUT2D eigenvalue weighted by molar-refractivity contribution is -0.255. The minimum atomic E-state index is -1.20. The number of hydrogen-bond acceptors (Lipinski definition) is 5. The van der Waals surface area contributed by atoms with Crippen molar-refractivity contribution in [1.82, 2.24) is 4.98 Å². The third-order valence-corrected chi connectivity index (χ3v) is 4.54. The highest BCUT2D eigenvalue weighted by Crippen LogP contribution is 2.33. The first-order valence-corrected chi connectivity index (χ1v) is 7.80. The van der Waals surface area contributed by atoms with Crippen molar-refractivity contribution in [2.75, 3.05) is 0 Å². The predicted molar refractivity (Wildman–Crippen MR) is 87.1 cm³/mol. The van der Waals surface area contributed by atoms with Crippen molar-refractivity contribution in [2.45, 2.75) is 0 Å². The van der Waals surface area contributed by atoms with Crippen LogP contribution in [-0.4, -0.2) is 11.0 Å². The molecule has 0 spiro atoms. The van der Waals surface area contributed by atoms with Gasteiger partial charge >= 0.3 is 0 Å². The van der Waals surface area contributed by atoms with Gasteiger partial charge in [0.25, 0.3) is 0 Å². The second kappa shape index (κ2) is 5.37. The molecule has 0 atom stereocenters. The Kier molecular flexibility index (Phi) is 3.20. The Labute approximate surface area is 135 Å². The zero-order chi connectivity index (χ0) is 15.8. The number of carboxylic acids is 1. The van der Waals surface area contributed by atoms with Gasteiger partial charge in [0.15, 0.2) is 10.8 Å². The van der Waals surface area contributed by atoms with Crippen LogP contribution in [0.25, 0.3) is 32.3 Å². The van der Waals surface area contributed by atoms with Crippen molar-refractivity contribution in [3.63, 3.8) is 0 Å². The van der Waals surface area contributed by atoms with Crippen LogP contribution in [0.3, 0.4) is 0 Å². The first kappa shape index (κ1) is 13.7. The van der Waals surface area contributed by atoms with Gasteiger partial charge in [-0.15, -0.1) is 11.3 Å². The molecule has 0 bridgehead atoms. The fourth-order valence-electron chi connectivity index (χ4n) is 2.39. The molecule has 5 heteroatoms. The molecule has 0 aliphatic rings. The predicted octanol–water partition coefficient (Wildman–Crippen LogP) is 3.59. The molecule has 0 radical (unpaired) electrons. The van der Waals surface area contributed by atoms with Gasteiger partial charge in [-0.05, 0) is 35.9 Å². The summed E-state index contributed by atoms with van der Waals surface area (Å²) in [5.74, 6) is 0.0622. The second-order valence-corrected chi connectivity index (χ2v) is 6.05. The number of carboxylic acid groups (broad SMARTS) is 1. The number of furan rings is 1. The molecule has 0 aliphatic heterocycles. The van der Waals surface area contributed by atoms with E-state index in [4.69, 9.17) is 4.42 Å². The minimum Gasteiger partial charge on any atom is -0.545 e. The first-order valence-electron chi connectivity index (χ1n) is 6.98. The number of carbonyl (C=O) groups is 1. The molecule has 2 heterocycles. The van der Waals surface area contributed by atoms with Gasteiger partial charge in [-0.1, -0.05) is 30.3 Å². The number of thiazole rings is 1. The van der Waals surface area contributed by atoms with Crippen molar-refractivity contribution >= 4 is 27.5 Å². The van der Waals surface area contributed by atoms with Gasteiger partial charge in [-0.25, -0.2) is 4.98 Å². The van der Waals surface area contributed by atoms with Crippen LogP contribution in [0.1, 0.15) is 10.4 Å². The lowest BCUT2D eigenvalue weighted by Gasteiger charge is -2.03. The molecule has 112 valence electrons. The first-order chi connectivity index (χ1) is 11.2. The molecule has 0 aliphatic carbocycles. The Hall–Kier alpha value is -2.92. The molecule has 0 saturated heterocycles. The lowest BCUT2D eigenvalue weighted by atomic mass is 10.1. The van der Waals surface area contributed by atoms with Crippen molar-refractivity contribution in [3.8, 4) is 22.1 Å². The largest absolute Gasteiger partial charge is 0.545 e. The molecule has 4 aromatic rings. The van der Waals surface area contributed by atoms with E-state index in [1.165, 1.54) is 12.1 Å². The van der Waals surface area contributed by atoms with E-state index < -0.39 is 5.97 Å². The Morgan fingerprint density at radius 2 is 1.83 bits per heavy atom. The van der Waals surface area contributed by atoms with E-state index in [1.807, 2.05) is 36.4 Å². The Morgan fingerprint density at radius 1 is 1.00 bits per heavy atom. The van der Waals surface area contributed by atoms with E-state index in [9.17, 15) is 9.90 Å². The highest BCUT2D eigenvalue weighted by atomic mass is 32.1. The number of carbonyl (C=O) groups excluding carboxylic acids is 1. The van der Waals surface area contributed by atoms with Crippen molar-refractivity contribution in [2.24, 2.45) is 0 Å². The third kappa shape index (κ3) is 2.51. The molecule has 2 aromatic heterocycles. The highest BCUT2D eigenvalue weighted by Gasteiger charge is 2.11. The smallest absolute Gasteiger partial charge is 0.163 e. The zero-order valence-corrected chi connectivity index (χ0v) is 12.7. The van der Waals surface area contributed by atoms with Gasteiger partial charge in [0.2, 0.25) is 0 Å². The SMILES string of the molecule is O=C([O-])c1cccc(-c2ccc(-c3nc4ccccc4s3)o2)c1. The standard InChI is InChI=1S/C18H11NO3S/c20-18(21)12-5-3-4-11(10-12)14-8-9-15(22-14)17-19-13-6-1-2-7-16(13)23-17/h1-10H,(H,20,21)/p-1. The number of hydrogen-bond donors (Lipinski definition) is 0. The third-order valence-electron chi connectivity index (χ3n) is 3.49. The van der Waals surface area contributed by atoms with E-state index in [2.05, 4.69) is 4.98 Å². The number of fused-ring (bicyclic) bond motifs is 1. The quantitative estimate of drug-likeness (QED) is 0.578. The van der Waals surface area contributed by atoms with Gasteiger partial charge in [0.1, 0.15) is 5.76 Å². The molecule has 2 aromatic carbocycles. The molecule has 0 saturated carbocycles.